The van der Waals surface area contributed by atoms with Gasteiger partial charge in [0.1, 0.15) is 0 Å². The summed E-state index contributed by atoms with van der Waals surface area (Å²) in [5.41, 5.74) is 3.94. The number of aryl methyl sites for hydroxylation is 1. The first-order valence-electron chi connectivity index (χ1n) is 22.3. The Hall–Kier alpha value is -4.22. The van der Waals surface area contributed by atoms with Gasteiger partial charge in [-0.1, -0.05) is 42.8 Å². The van der Waals surface area contributed by atoms with Crippen molar-refractivity contribution in [1.82, 2.24) is 29.8 Å². The molecule has 15 nitrogen and oxygen atoms in total. The minimum Gasteiger partial charge on any atom is -0.435 e. The molecule has 1 unspecified atom stereocenters. The predicted molar refractivity (Wildman–Crippen MR) is 230 cm³/mol. The van der Waals surface area contributed by atoms with Crippen molar-refractivity contribution in [2.24, 2.45) is 23.7 Å². The van der Waals surface area contributed by atoms with E-state index in [1.807, 2.05) is 44.3 Å². The average molecular weight is 872 g/mol. The van der Waals surface area contributed by atoms with E-state index in [0.717, 1.165) is 80.1 Å². The number of benzene rings is 2. The second-order valence-corrected chi connectivity index (χ2v) is 18.3. The van der Waals surface area contributed by atoms with Gasteiger partial charge in [-0.05, 0) is 92.8 Å². The van der Waals surface area contributed by atoms with Crippen molar-refractivity contribution in [3.63, 3.8) is 0 Å². The molecule has 1 spiro atoms. The van der Waals surface area contributed by atoms with Gasteiger partial charge in [0.15, 0.2) is 11.9 Å². The van der Waals surface area contributed by atoms with Crippen LogP contribution in [0.4, 0.5) is 5.69 Å². The van der Waals surface area contributed by atoms with Gasteiger partial charge in [0, 0.05) is 86.2 Å². The number of nitrogens with one attached hydrogen (secondary N) is 1. The zero-order valence-electron chi connectivity index (χ0n) is 35.9. The Morgan fingerprint density at radius 2 is 1.84 bits per heavy atom. The molecule has 6 aliphatic rings. The first kappa shape index (κ1) is 43.1. The number of aromatic nitrogens is 4. The second-order valence-electron chi connectivity index (χ2n) is 17.9. The van der Waals surface area contributed by atoms with E-state index in [1.165, 1.54) is 5.56 Å². The molecule has 62 heavy (non-hydrogen) atoms. The highest BCUT2D eigenvalue weighted by molar-refractivity contribution is 6.31. The molecule has 1 aliphatic carbocycles. The van der Waals surface area contributed by atoms with Gasteiger partial charge >= 0.3 is 5.97 Å². The van der Waals surface area contributed by atoms with Crippen LogP contribution in [0.15, 0.2) is 60.9 Å². The third-order valence-corrected chi connectivity index (χ3v) is 14.0. The number of halogens is 1. The number of anilines is 1. The lowest BCUT2D eigenvalue weighted by Gasteiger charge is -2.59. The number of nitrogens with zero attached hydrogens (tertiary/aromatic N) is 6. The van der Waals surface area contributed by atoms with Crippen LogP contribution in [0.5, 0.6) is 0 Å². The fourth-order valence-electron chi connectivity index (χ4n) is 10.3. The lowest BCUT2D eigenvalue weighted by molar-refractivity contribution is -0.576. The Labute approximate surface area is 367 Å². The number of fused-ring (bicyclic) bond motifs is 3. The first-order valence-corrected chi connectivity index (χ1v) is 22.7. The van der Waals surface area contributed by atoms with Crippen molar-refractivity contribution in [1.29, 1.82) is 0 Å². The van der Waals surface area contributed by atoms with E-state index in [1.54, 1.807) is 15.8 Å². The summed E-state index contributed by atoms with van der Waals surface area (Å²) in [5.74, 6) is -1.06. The van der Waals surface area contributed by atoms with E-state index in [0.29, 0.717) is 49.8 Å². The summed E-state index contributed by atoms with van der Waals surface area (Å²) < 4.78 is 26.2. The second kappa shape index (κ2) is 18.5. The van der Waals surface area contributed by atoms with E-state index < -0.39 is 29.9 Å². The zero-order valence-corrected chi connectivity index (χ0v) is 36.6. The molecule has 4 aromatic rings. The zero-order chi connectivity index (χ0) is 42.8. The topological polar surface area (TPSA) is 152 Å². The third-order valence-electron chi connectivity index (χ3n) is 13.8. The fraction of sp³-hybridized carbons (Fsp3) is 0.587. The monoisotopic (exact) mass is 871 g/mol. The lowest BCUT2D eigenvalue weighted by atomic mass is 9.58. The van der Waals surface area contributed by atoms with Gasteiger partial charge in [0.2, 0.25) is 18.0 Å². The Bertz CT molecular complexity index is 2200. The molecule has 0 radical (unpaired) electrons. The van der Waals surface area contributed by atoms with Gasteiger partial charge in [-0.15, -0.1) is 5.10 Å². The molecule has 1 saturated carbocycles. The van der Waals surface area contributed by atoms with Crippen LogP contribution < -0.4 is 5.32 Å². The summed E-state index contributed by atoms with van der Waals surface area (Å²) in [6.07, 6.45) is 6.87. The molecule has 8 atom stereocenters. The standard InChI is InChI=1S/C46H58ClN7O8/c1-30-6-13-38-31(2)43(59-44-46(38)37(30)16-18-45(3,60-44)61-62-46)58-42(56)15-14-41(55)53(22-20-49-39-17-19-48-40-27-33(47)9-12-36(39)40)21-4-5-34-29-54(51-50-34)35-10-7-32(8-11-35)28-52-23-25-57-26-24-52/h7-12,17,19,27,29-31,37-38,43-44H,4-6,13-16,18,20-26,28H2,1-3H3,(H,48,49)/t30-,31-,37+,38+,43-,44-,45?,46-/m1/s1. The quantitative estimate of drug-likeness (QED) is 0.0997. The van der Waals surface area contributed by atoms with E-state index in [9.17, 15) is 9.59 Å². The number of pyridine rings is 1. The average Bonchev–Trinajstić information content (AvgIpc) is 3.63. The normalized spacial score (nSPS) is 29.5. The molecule has 1 amide bonds. The Kier molecular flexibility index (Phi) is 12.8. The number of ether oxygens (including phenoxy) is 4. The van der Waals surface area contributed by atoms with E-state index in [-0.39, 0.29) is 36.5 Å². The third kappa shape index (κ3) is 9.08. The van der Waals surface area contributed by atoms with Crippen LogP contribution >= 0.6 is 11.6 Å². The molecule has 2 aromatic heterocycles. The minimum absolute atomic E-state index is 0.00373. The predicted octanol–water partition coefficient (Wildman–Crippen LogP) is 6.71. The van der Waals surface area contributed by atoms with Crippen LogP contribution in [0.2, 0.25) is 5.02 Å². The first-order chi connectivity index (χ1) is 30.1. The van der Waals surface area contributed by atoms with Crippen molar-refractivity contribution in [3.8, 4) is 5.69 Å². The Balaban J connectivity index is 0.819. The van der Waals surface area contributed by atoms with Gasteiger partial charge in [-0.2, -0.15) is 0 Å². The molecule has 6 fully saturated rings. The molecular weight excluding hydrogens is 814 g/mol. The highest BCUT2D eigenvalue weighted by atomic mass is 35.5. The van der Waals surface area contributed by atoms with E-state index in [4.69, 9.17) is 40.3 Å². The summed E-state index contributed by atoms with van der Waals surface area (Å²) >= 11 is 6.23. The van der Waals surface area contributed by atoms with Crippen LogP contribution in [0, 0.1) is 23.7 Å². The maximum Gasteiger partial charge on any atom is 0.308 e. The molecule has 2 aromatic carbocycles. The van der Waals surface area contributed by atoms with Crippen LogP contribution in [0.1, 0.15) is 77.0 Å². The van der Waals surface area contributed by atoms with Crippen molar-refractivity contribution < 1.29 is 38.3 Å². The van der Waals surface area contributed by atoms with E-state index >= 15 is 0 Å². The van der Waals surface area contributed by atoms with E-state index in [2.05, 4.69) is 56.7 Å². The minimum atomic E-state index is -0.929. The van der Waals surface area contributed by atoms with Gasteiger partial charge in [0.05, 0.1) is 42.7 Å². The van der Waals surface area contributed by atoms with Gasteiger partial charge in [-0.3, -0.25) is 19.5 Å². The molecule has 332 valence electrons. The molecule has 5 aliphatic heterocycles. The molecule has 10 rings (SSSR count). The summed E-state index contributed by atoms with van der Waals surface area (Å²) in [6.45, 7) is 11.9. The maximum absolute atomic E-state index is 13.9. The Morgan fingerprint density at radius 3 is 2.68 bits per heavy atom. The number of carbonyl (C=O) groups excluding carboxylic acids is 2. The van der Waals surface area contributed by atoms with Crippen LogP contribution in [-0.2, 0) is 51.3 Å². The van der Waals surface area contributed by atoms with Crippen molar-refractivity contribution in [3.05, 3.63) is 77.2 Å². The number of hydrogen-bond donors (Lipinski definition) is 1. The van der Waals surface area contributed by atoms with Crippen LogP contribution in [0.25, 0.3) is 16.6 Å². The smallest absolute Gasteiger partial charge is 0.308 e. The molecule has 7 heterocycles. The number of carbonyl (C=O) groups is 2. The number of rotatable bonds is 15. The number of amides is 1. The van der Waals surface area contributed by atoms with Crippen LogP contribution in [-0.4, -0.2) is 112 Å². The number of morpholine rings is 1. The largest absolute Gasteiger partial charge is 0.435 e. The summed E-state index contributed by atoms with van der Waals surface area (Å²) in [5, 5.41) is 13.9. The lowest BCUT2D eigenvalue weighted by Crippen LogP contribution is -2.70. The summed E-state index contributed by atoms with van der Waals surface area (Å²) in [7, 11) is 0. The van der Waals surface area contributed by atoms with Crippen molar-refractivity contribution in [2.75, 3.05) is 51.3 Å². The highest BCUT2D eigenvalue weighted by Crippen LogP contribution is 2.60. The number of hydrogen-bond acceptors (Lipinski definition) is 13. The van der Waals surface area contributed by atoms with Crippen molar-refractivity contribution >= 4 is 40.1 Å². The SMILES string of the molecule is C[C@H]1[C@H](OC(=O)CCC(=O)N(CCCc2cn(-c3ccc(CN4CCOCC4)cc3)nn2)CCNc2ccnc3cc(Cl)ccc23)O[C@@H]2OC3(C)CC[C@H]4[C@H](C)CC[C@@H]1[C@@]24OO3. The van der Waals surface area contributed by atoms with Gasteiger partial charge < -0.3 is 29.2 Å². The molecular formula is C46H58ClN7O8. The fourth-order valence-corrected chi connectivity index (χ4v) is 10.5. The number of esters is 1. The molecule has 2 bridgehead atoms. The Morgan fingerprint density at radius 1 is 1.00 bits per heavy atom. The molecule has 16 heteroatoms. The maximum atomic E-state index is 13.9. The van der Waals surface area contributed by atoms with Gasteiger partial charge in [0.25, 0.3) is 0 Å². The van der Waals surface area contributed by atoms with Crippen molar-refractivity contribution in [2.45, 2.75) is 103 Å². The summed E-state index contributed by atoms with van der Waals surface area (Å²) in [4.78, 5) is 48.3. The molecule has 1 N–H and O–H groups in total. The summed E-state index contributed by atoms with van der Waals surface area (Å²) in [6, 6.07) is 15.9. The van der Waals surface area contributed by atoms with Gasteiger partial charge in [-0.25, -0.2) is 14.5 Å². The highest BCUT2D eigenvalue weighted by Gasteiger charge is 2.69. The molecule has 5 saturated heterocycles. The van der Waals surface area contributed by atoms with Crippen LogP contribution in [0.3, 0.4) is 0 Å².